The first-order chi connectivity index (χ1) is 12.5. The number of imidazole rings is 1. The van der Waals surface area contributed by atoms with Crippen LogP contribution in [0.2, 0.25) is 0 Å². The fraction of sp³-hybridized carbons (Fsp3) is 0.368. The third-order valence-corrected chi connectivity index (χ3v) is 5.15. The van der Waals surface area contributed by atoms with Crippen molar-refractivity contribution in [3.63, 3.8) is 0 Å². The lowest BCUT2D eigenvalue weighted by molar-refractivity contribution is 0.372. The molecule has 0 amide bonds. The highest BCUT2D eigenvalue weighted by molar-refractivity contribution is 7.98. The van der Waals surface area contributed by atoms with E-state index in [1.165, 1.54) is 12.8 Å². The van der Waals surface area contributed by atoms with Crippen LogP contribution < -0.4 is 9.64 Å². The van der Waals surface area contributed by atoms with Crippen LogP contribution in [0.25, 0.3) is 22.4 Å². The van der Waals surface area contributed by atoms with Gasteiger partial charge in [0.1, 0.15) is 22.9 Å². The molecule has 2 aromatic heterocycles. The Hall–Kier alpha value is -1.86. The number of benzene rings is 1. The van der Waals surface area contributed by atoms with E-state index >= 15 is 0 Å². The van der Waals surface area contributed by atoms with Gasteiger partial charge in [-0.15, -0.1) is 25.3 Å². The molecule has 5 nitrogen and oxygen atoms in total. The van der Waals surface area contributed by atoms with Crippen LogP contribution in [0.15, 0.2) is 36.5 Å². The van der Waals surface area contributed by atoms with Crippen LogP contribution >= 0.6 is 25.3 Å². The maximum absolute atomic E-state index is 5.70. The Kier molecular flexibility index (Phi) is 4.75. The van der Waals surface area contributed by atoms with Gasteiger partial charge in [0.15, 0.2) is 4.77 Å². The summed E-state index contributed by atoms with van der Waals surface area (Å²) in [5.41, 5.74) is 2.78. The second kappa shape index (κ2) is 7.04. The molecule has 0 aliphatic carbocycles. The predicted molar refractivity (Wildman–Crippen MR) is 112 cm³/mol. The zero-order valence-electron chi connectivity index (χ0n) is 14.8. The molecule has 0 bridgehead atoms. The lowest BCUT2D eigenvalue weighted by Gasteiger charge is -2.22. The largest absolute Gasteiger partial charge is 0.468 e. The van der Waals surface area contributed by atoms with Crippen molar-refractivity contribution in [1.29, 1.82) is 0 Å². The molecule has 136 valence electrons. The van der Waals surface area contributed by atoms with E-state index in [4.69, 9.17) is 9.72 Å². The summed E-state index contributed by atoms with van der Waals surface area (Å²) in [5, 5.41) is 0. The summed E-state index contributed by atoms with van der Waals surface area (Å²) >= 11 is 8.41. The Bertz CT molecular complexity index is 923. The van der Waals surface area contributed by atoms with Gasteiger partial charge in [0.2, 0.25) is 0 Å². The van der Waals surface area contributed by atoms with Crippen molar-refractivity contribution in [1.82, 2.24) is 14.5 Å². The van der Waals surface area contributed by atoms with Gasteiger partial charge in [-0.1, -0.05) is 6.07 Å². The second-order valence-electron chi connectivity index (χ2n) is 6.65. The molecule has 4 rings (SSSR count). The summed E-state index contributed by atoms with van der Waals surface area (Å²) in [4.78, 5) is 11.8. The summed E-state index contributed by atoms with van der Waals surface area (Å²) in [6.45, 7) is 3.33. The number of hydrogen-bond donors (Lipinski definition) is 2. The van der Waals surface area contributed by atoms with Gasteiger partial charge < -0.3 is 14.2 Å². The van der Waals surface area contributed by atoms with Crippen molar-refractivity contribution in [3.05, 3.63) is 36.5 Å². The number of hydrogen-bond acceptors (Lipinski definition) is 6. The van der Waals surface area contributed by atoms with E-state index < -0.39 is 4.77 Å². The van der Waals surface area contributed by atoms with E-state index in [-0.39, 0.29) is 0 Å². The van der Waals surface area contributed by atoms with E-state index in [1.54, 1.807) is 0 Å². The lowest BCUT2D eigenvalue weighted by atomic mass is 10.2. The smallest absolute Gasteiger partial charge is 0.185 e. The van der Waals surface area contributed by atoms with Crippen LogP contribution in [0.4, 0.5) is 5.82 Å². The highest BCUT2D eigenvalue weighted by atomic mass is 32.2. The molecule has 1 fully saturated rings. The van der Waals surface area contributed by atoms with Crippen LogP contribution in [-0.4, -0.2) is 31.9 Å². The van der Waals surface area contributed by atoms with Gasteiger partial charge in [0.25, 0.3) is 0 Å². The SMILES string of the molecule is CC1CCCN1c1ccc(-c2nc3cccc(OC(S)S)c3n2C)cn1. The van der Waals surface area contributed by atoms with Gasteiger partial charge in [0, 0.05) is 31.4 Å². The van der Waals surface area contributed by atoms with Crippen molar-refractivity contribution in [2.75, 3.05) is 11.4 Å². The number of thiol groups is 2. The van der Waals surface area contributed by atoms with Crippen LogP contribution in [0.3, 0.4) is 0 Å². The number of fused-ring (bicyclic) bond motifs is 1. The minimum atomic E-state index is -0.484. The third-order valence-electron chi connectivity index (χ3n) is 4.94. The molecular weight excluding hydrogens is 364 g/mol. The highest BCUT2D eigenvalue weighted by Crippen LogP contribution is 2.32. The number of anilines is 1. The quantitative estimate of drug-likeness (QED) is 0.522. The summed E-state index contributed by atoms with van der Waals surface area (Å²) in [7, 11) is 1.99. The monoisotopic (exact) mass is 386 g/mol. The maximum atomic E-state index is 5.70. The van der Waals surface area contributed by atoms with Gasteiger partial charge in [-0.05, 0) is 44.0 Å². The first kappa shape index (κ1) is 17.5. The fourth-order valence-electron chi connectivity index (χ4n) is 3.66. The van der Waals surface area contributed by atoms with Gasteiger partial charge in [-0.2, -0.15) is 0 Å². The molecule has 0 radical (unpaired) electrons. The molecule has 0 saturated carbocycles. The molecule has 1 atom stereocenters. The standard InChI is InChI=1S/C19H22N4OS2/c1-12-5-4-10-23(12)16-9-8-13(11-20-16)18-21-14-6-3-7-15(24-19(25)26)17(14)22(18)2/h3,6-9,11-12,19,25-26H,4-5,10H2,1-2H3. The fourth-order valence-corrected chi connectivity index (χ4v) is 3.89. The zero-order valence-corrected chi connectivity index (χ0v) is 16.6. The van der Waals surface area contributed by atoms with Crippen molar-refractivity contribution in [2.24, 2.45) is 7.05 Å². The number of ether oxygens (including phenoxy) is 1. The molecule has 7 heteroatoms. The molecule has 1 unspecified atom stereocenters. The zero-order chi connectivity index (χ0) is 18.3. The Labute approximate surface area is 164 Å². The Morgan fingerprint density at radius 3 is 2.73 bits per heavy atom. The highest BCUT2D eigenvalue weighted by Gasteiger charge is 2.22. The van der Waals surface area contributed by atoms with Crippen molar-refractivity contribution in [3.8, 4) is 17.1 Å². The topological polar surface area (TPSA) is 43.2 Å². The van der Waals surface area contributed by atoms with Crippen LogP contribution in [-0.2, 0) is 7.05 Å². The molecule has 3 heterocycles. The molecule has 1 saturated heterocycles. The average molecular weight is 387 g/mol. The Morgan fingerprint density at radius 2 is 2.08 bits per heavy atom. The number of rotatable bonds is 4. The van der Waals surface area contributed by atoms with Gasteiger partial charge in [-0.3, -0.25) is 0 Å². The number of para-hydroxylation sites is 1. The average Bonchev–Trinajstić information content (AvgIpc) is 3.19. The van der Waals surface area contributed by atoms with E-state index in [2.05, 4.69) is 54.2 Å². The van der Waals surface area contributed by atoms with Gasteiger partial charge in [0.05, 0.1) is 5.52 Å². The number of aromatic nitrogens is 3. The van der Waals surface area contributed by atoms with Gasteiger partial charge >= 0.3 is 0 Å². The summed E-state index contributed by atoms with van der Waals surface area (Å²) in [6.07, 6.45) is 4.37. The van der Waals surface area contributed by atoms with Crippen LogP contribution in [0.1, 0.15) is 19.8 Å². The first-order valence-corrected chi connectivity index (χ1v) is 9.79. The second-order valence-corrected chi connectivity index (χ2v) is 8.00. The lowest BCUT2D eigenvalue weighted by Crippen LogP contribution is -2.26. The molecule has 26 heavy (non-hydrogen) atoms. The molecule has 1 aliphatic rings. The molecule has 1 aliphatic heterocycles. The molecule has 1 aromatic carbocycles. The minimum Gasteiger partial charge on any atom is -0.468 e. The number of nitrogens with zero attached hydrogens (tertiary/aromatic N) is 4. The first-order valence-electron chi connectivity index (χ1n) is 8.76. The molecule has 0 N–H and O–H groups in total. The Balaban J connectivity index is 1.71. The minimum absolute atomic E-state index is 0.484. The summed E-state index contributed by atoms with van der Waals surface area (Å²) in [5.74, 6) is 2.61. The molecule has 3 aromatic rings. The van der Waals surface area contributed by atoms with Crippen molar-refractivity contribution in [2.45, 2.75) is 30.6 Å². The number of aryl methyl sites for hydroxylation is 1. The van der Waals surface area contributed by atoms with Crippen molar-refractivity contribution >= 4 is 42.1 Å². The molecule has 0 spiro atoms. The van der Waals surface area contributed by atoms with Crippen LogP contribution in [0.5, 0.6) is 5.75 Å². The molecular formula is C19H22N4OS2. The van der Waals surface area contributed by atoms with E-state index in [9.17, 15) is 0 Å². The van der Waals surface area contributed by atoms with E-state index in [0.29, 0.717) is 11.8 Å². The third kappa shape index (κ3) is 3.14. The van der Waals surface area contributed by atoms with E-state index in [0.717, 1.165) is 34.8 Å². The van der Waals surface area contributed by atoms with Crippen molar-refractivity contribution < 1.29 is 4.74 Å². The normalized spacial score (nSPS) is 17.4. The summed E-state index contributed by atoms with van der Waals surface area (Å²) in [6, 6.07) is 10.5. The van der Waals surface area contributed by atoms with E-state index in [1.807, 2.05) is 36.0 Å². The summed E-state index contributed by atoms with van der Waals surface area (Å²) < 4.78 is 7.25. The van der Waals surface area contributed by atoms with Gasteiger partial charge in [-0.25, -0.2) is 9.97 Å². The van der Waals surface area contributed by atoms with Crippen LogP contribution in [0, 0.1) is 0 Å². The Morgan fingerprint density at radius 1 is 1.23 bits per heavy atom. The predicted octanol–water partition coefficient (Wildman–Crippen LogP) is 4.15. The maximum Gasteiger partial charge on any atom is 0.185 e. The number of pyridine rings is 1.